The molecule has 0 saturated carbocycles. The normalized spacial score (nSPS) is 16.9. The van der Waals surface area contributed by atoms with E-state index in [1.165, 1.54) is 0 Å². The Labute approximate surface area is 130 Å². The van der Waals surface area contributed by atoms with Crippen LogP contribution in [0.1, 0.15) is 9.88 Å². The largest absolute Gasteiger partial charge is 0.443 e. The van der Waals surface area contributed by atoms with Crippen LogP contribution in [0.15, 0.2) is 30.3 Å². The van der Waals surface area contributed by atoms with Gasteiger partial charge < -0.3 is 4.74 Å². The third kappa shape index (κ3) is 3.48. The molecule has 1 aliphatic rings. The molecule has 0 radical (unpaired) electrons. The van der Waals surface area contributed by atoms with Gasteiger partial charge in [0.1, 0.15) is 0 Å². The lowest BCUT2D eigenvalue weighted by Gasteiger charge is -2.26. The van der Waals surface area contributed by atoms with Gasteiger partial charge in [0.15, 0.2) is 5.01 Å². The first-order valence-electron chi connectivity index (χ1n) is 6.96. The number of alkyl halides is 3. The molecule has 0 atom stereocenters. The Morgan fingerprint density at radius 1 is 1.14 bits per heavy atom. The molecule has 118 valence electrons. The zero-order chi connectivity index (χ0) is 15.6. The maximum atomic E-state index is 13.0. The highest BCUT2D eigenvalue weighted by Gasteiger charge is 2.36. The Balaban J connectivity index is 1.94. The van der Waals surface area contributed by atoms with Gasteiger partial charge in [0.2, 0.25) is 0 Å². The number of morpholine rings is 1. The van der Waals surface area contributed by atoms with Gasteiger partial charge in [-0.15, -0.1) is 11.3 Å². The molecule has 2 aromatic rings. The number of nitrogens with zero attached hydrogens (tertiary/aromatic N) is 2. The molecule has 7 heteroatoms. The lowest BCUT2D eigenvalue weighted by molar-refractivity contribution is -0.137. The van der Waals surface area contributed by atoms with Gasteiger partial charge in [-0.2, -0.15) is 13.2 Å². The van der Waals surface area contributed by atoms with E-state index in [0.717, 1.165) is 30.0 Å². The van der Waals surface area contributed by atoms with E-state index in [2.05, 4.69) is 9.88 Å². The first-order chi connectivity index (χ1) is 10.5. The minimum atomic E-state index is -4.41. The molecular formula is C15H15F3N2OS. The van der Waals surface area contributed by atoms with Crippen molar-refractivity contribution in [2.24, 2.45) is 0 Å². The highest BCUT2D eigenvalue weighted by molar-refractivity contribution is 7.12. The molecule has 1 saturated heterocycles. The molecule has 1 aromatic heterocycles. The summed E-state index contributed by atoms with van der Waals surface area (Å²) in [6.07, 6.45) is -4.41. The molecule has 0 unspecified atom stereocenters. The van der Waals surface area contributed by atoms with Crippen LogP contribution >= 0.6 is 11.3 Å². The van der Waals surface area contributed by atoms with Gasteiger partial charge in [-0.05, 0) is 0 Å². The molecule has 1 aromatic carbocycles. The fourth-order valence-corrected chi connectivity index (χ4v) is 3.36. The van der Waals surface area contributed by atoms with Crippen molar-refractivity contribution in [3.05, 3.63) is 40.2 Å². The maximum Gasteiger partial charge on any atom is 0.443 e. The number of rotatable bonds is 3. The molecule has 0 N–H and O–H groups in total. The van der Waals surface area contributed by atoms with Crippen molar-refractivity contribution in [3.8, 4) is 11.3 Å². The fourth-order valence-electron chi connectivity index (χ4n) is 2.36. The van der Waals surface area contributed by atoms with Crippen LogP contribution < -0.4 is 0 Å². The van der Waals surface area contributed by atoms with E-state index in [0.29, 0.717) is 30.3 Å². The maximum absolute atomic E-state index is 13.0. The molecule has 0 amide bonds. The second-order valence-electron chi connectivity index (χ2n) is 5.04. The van der Waals surface area contributed by atoms with Gasteiger partial charge in [0.25, 0.3) is 0 Å². The Hall–Kier alpha value is -1.44. The SMILES string of the molecule is FC(F)(F)c1nc(-c2ccccc2)c(CN2CCOCC2)s1. The summed E-state index contributed by atoms with van der Waals surface area (Å²) in [7, 11) is 0. The van der Waals surface area contributed by atoms with E-state index < -0.39 is 11.2 Å². The predicted molar refractivity (Wildman–Crippen MR) is 78.6 cm³/mol. The molecule has 1 aliphatic heterocycles. The van der Waals surface area contributed by atoms with Crippen molar-refractivity contribution in [3.63, 3.8) is 0 Å². The molecule has 1 fully saturated rings. The monoisotopic (exact) mass is 328 g/mol. The van der Waals surface area contributed by atoms with Crippen molar-refractivity contribution < 1.29 is 17.9 Å². The van der Waals surface area contributed by atoms with E-state index in [1.807, 2.05) is 6.07 Å². The lowest BCUT2D eigenvalue weighted by Crippen LogP contribution is -2.35. The van der Waals surface area contributed by atoms with Crippen LogP contribution in [0.4, 0.5) is 13.2 Å². The Kier molecular flexibility index (Phi) is 4.46. The summed E-state index contributed by atoms with van der Waals surface area (Å²) in [5.74, 6) is 0. The summed E-state index contributed by atoms with van der Waals surface area (Å²) in [6, 6.07) is 9.03. The van der Waals surface area contributed by atoms with Gasteiger partial charge in [0, 0.05) is 30.1 Å². The van der Waals surface area contributed by atoms with Crippen molar-refractivity contribution in [2.45, 2.75) is 12.7 Å². The predicted octanol–water partition coefficient (Wildman–Crippen LogP) is 3.66. The molecular weight excluding hydrogens is 313 g/mol. The molecule has 22 heavy (non-hydrogen) atoms. The molecule has 0 bridgehead atoms. The number of benzene rings is 1. The molecule has 2 heterocycles. The minimum Gasteiger partial charge on any atom is -0.379 e. The number of hydrogen-bond acceptors (Lipinski definition) is 4. The number of halogens is 3. The fraction of sp³-hybridized carbons (Fsp3) is 0.400. The average molecular weight is 328 g/mol. The molecule has 0 spiro atoms. The standard InChI is InChI=1S/C15H15F3N2OS/c16-15(17,18)14-19-13(11-4-2-1-3-5-11)12(22-14)10-20-6-8-21-9-7-20/h1-5H,6-10H2. The van der Waals surface area contributed by atoms with Crippen molar-refractivity contribution in [1.82, 2.24) is 9.88 Å². The highest BCUT2D eigenvalue weighted by atomic mass is 32.1. The van der Waals surface area contributed by atoms with Crippen LogP contribution in [0.5, 0.6) is 0 Å². The third-order valence-corrected chi connectivity index (χ3v) is 4.54. The van der Waals surface area contributed by atoms with E-state index in [4.69, 9.17) is 4.74 Å². The lowest BCUT2D eigenvalue weighted by atomic mass is 10.1. The zero-order valence-electron chi connectivity index (χ0n) is 11.8. The summed E-state index contributed by atoms with van der Waals surface area (Å²) >= 11 is 0.736. The average Bonchev–Trinajstić information content (AvgIpc) is 2.93. The van der Waals surface area contributed by atoms with Crippen LogP contribution in [0.25, 0.3) is 11.3 Å². The third-order valence-electron chi connectivity index (χ3n) is 3.46. The van der Waals surface area contributed by atoms with E-state index in [-0.39, 0.29) is 0 Å². The number of aromatic nitrogens is 1. The number of thiazole rings is 1. The minimum absolute atomic E-state index is 0.435. The van der Waals surface area contributed by atoms with Crippen LogP contribution in [-0.2, 0) is 17.5 Å². The summed E-state index contributed by atoms with van der Waals surface area (Å²) in [5.41, 5.74) is 1.15. The van der Waals surface area contributed by atoms with Crippen LogP contribution in [0, 0.1) is 0 Å². The summed E-state index contributed by atoms with van der Waals surface area (Å²) in [4.78, 5) is 6.61. The van der Waals surface area contributed by atoms with Crippen molar-refractivity contribution in [1.29, 1.82) is 0 Å². The molecule has 0 aliphatic carbocycles. The van der Waals surface area contributed by atoms with Gasteiger partial charge >= 0.3 is 6.18 Å². The Morgan fingerprint density at radius 2 is 1.82 bits per heavy atom. The van der Waals surface area contributed by atoms with Crippen LogP contribution in [-0.4, -0.2) is 36.2 Å². The first kappa shape index (κ1) is 15.5. The molecule has 3 nitrogen and oxygen atoms in total. The topological polar surface area (TPSA) is 25.4 Å². The van der Waals surface area contributed by atoms with Gasteiger partial charge in [0.05, 0.1) is 18.9 Å². The zero-order valence-corrected chi connectivity index (χ0v) is 12.6. The second kappa shape index (κ2) is 6.36. The Bertz CT molecular complexity index is 621. The highest BCUT2D eigenvalue weighted by Crippen LogP contribution is 2.38. The van der Waals surface area contributed by atoms with E-state index in [1.54, 1.807) is 24.3 Å². The van der Waals surface area contributed by atoms with Crippen molar-refractivity contribution in [2.75, 3.05) is 26.3 Å². The summed E-state index contributed by atoms with van der Waals surface area (Å²) in [5, 5.41) is -0.783. The van der Waals surface area contributed by atoms with Crippen LogP contribution in [0.3, 0.4) is 0 Å². The first-order valence-corrected chi connectivity index (χ1v) is 7.78. The summed E-state index contributed by atoms with van der Waals surface area (Å²) in [6.45, 7) is 3.17. The quantitative estimate of drug-likeness (QED) is 0.860. The number of ether oxygens (including phenoxy) is 1. The smallest absolute Gasteiger partial charge is 0.379 e. The number of hydrogen-bond donors (Lipinski definition) is 0. The van der Waals surface area contributed by atoms with E-state index in [9.17, 15) is 13.2 Å². The second-order valence-corrected chi connectivity index (χ2v) is 6.13. The van der Waals surface area contributed by atoms with Gasteiger partial charge in [-0.3, -0.25) is 4.90 Å². The van der Waals surface area contributed by atoms with E-state index >= 15 is 0 Å². The van der Waals surface area contributed by atoms with Gasteiger partial charge in [-0.1, -0.05) is 30.3 Å². The van der Waals surface area contributed by atoms with Crippen LogP contribution in [0.2, 0.25) is 0 Å². The Morgan fingerprint density at radius 3 is 2.45 bits per heavy atom. The summed E-state index contributed by atoms with van der Waals surface area (Å²) < 4.78 is 44.2. The van der Waals surface area contributed by atoms with Crippen molar-refractivity contribution >= 4 is 11.3 Å². The van der Waals surface area contributed by atoms with Gasteiger partial charge in [-0.25, -0.2) is 4.98 Å². The molecule has 3 rings (SSSR count).